The molecule has 0 atom stereocenters. The lowest BCUT2D eigenvalue weighted by molar-refractivity contribution is -0.120. The maximum absolute atomic E-state index is 12.1. The minimum absolute atomic E-state index is 0.0303. The summed E-state index contributed by atoms with van der Waals surface area (Å²) in [5.74, 6) is 1.31. The van der Waals surface area contributed by atoms with E-state index in [1.54, 1.807) is 14.2 Å². The number of ether oxygens (including phenoxy) is 2. The second-order valence-corrected chi connectivity index (χ2v) is 4.91. The molecule has 0 saturated carbocycles. The average Bonchev–Trinajstić information content (AvgIpc) is 2.54. The first kappa shape index (κ1) is 15.4. The third-order valence-electron chi connectivity index (χ3n) is 3.54. The number of methoxy groups -OCH3 is 2. The molecule has 2 N–H and O–H groups in total. The highest BCUT2D eigenvalue weighted by atomic mass is 16.5. The van der Waals surface area contributed by atoms with Gasteiger partial charge in [-0.15, -0.1) is 0 Å². The normalized spacial score (nSPS) is 14.3. The molecule has 0 saturated heterocycles. The summed E-state index contributed by atoms with van der Waals surface area (Å²) in [4.78, 5) is 12.1. The molecular weight excluding hydrogens is 268 g/mol. The lowest BCUT2D eigenvalue weighted by Crippen LogP contribution is -2.30. The summed E-state index contributed by atoms with van der Waals surface area (Å²) in [6, 6.07) is 5.51. The van der Waals surface area contributed by atoms with E-state index in [4.69, 9.17) is 9.47 Å². The molecule has 21 heavy (non-hydrogen) atoms. The highest BCUT2D eigenvalue weighted by Gasteiger charge is 2.14. The Morgan fingerprint density at radius 2 is 2.00 bits per heavy atom. The van der Waals surface area contributed by atoms with Crippen molar-refractivity contribution in [3.05, 3.63) is 35.4 Å². The van der Waals surface area contributed by atoms with Crippen LogP contribution in [0.15, 0.2) is 29.8 Å². The van der Waals surface area contributed by atoms with Gasteiger partial charge in [0.15, 0.2) is 0 Å². The van der Waals surface area contributed by atoms with Gasteiger partial charge in [0.25, 0.3) is 0 Å². The van der Waals surface area contributed by atoms with Gasteiger partial charge in [-0.05, 0) is 25.1 Å². The fourth-order valence-corrected chi connectivity index (χ4v) is 2.37. The van der Waals surface area contributed by atoms with Crippen LogP contribution < -0.4 is 20.1 Å². The van der Waals surface area contributed by atoms with Gasteiger partial charge in [-0.1, -0.05) is 17.7 Å². The fraction of sp³-hybridized carbons (Fsp3) is 0.438. The summed E-state index contributed by atoms with van der Waals surface area (Å²) in [5, 5.41) is 6.21. The van der Waals surface area contributed by atoms with Gasteiger partial charge in [-0.3, -0.25) is 4.79 Å². The molecule has 5 heteroatoms. The topological polar surface area (TPSA) is 59.6 Å². The Morgan fingerprint density at radius 1 is 1.29 bits per heavy atom. The van der Waals surface area contributed by atoms with Crippen LogP contribution in [0.2, 0.25) is 0 Å². The number of benzene rings is 1. The van der Waals surface area contributed by atoms with E-state index >= 15 is 0 Å². The maximum atomic E-state index is 12.1. The molecule has 0 radical (unpaired) electrons. The molecule has 0 fully saturated rings. The molecule has 0 bridgehead atoms. The van der Waals surface area contributed by atoms with Crippen LogP contribution in [0.5, 0.6) is 11.5 Å². The lowest BCUT2D eigenvalue weighted by Gasteiger charge is -2.16. The summed E-state index contributed by atoms with van der Waals surface area (Å²) in [6.45, 7) is 2.46. The third kappa shape index (κ3) is 4.23. The van der Waals surface area contributed by atoms with Gasteiger partial charge < -0.3 is 20.1 Å². The predicted octanol–water partition coefficient (Wildman–Crippen LogP) is 1.28. The number of hydrogen-bond donors (Lipinski definition) is 2. The summed E-state index contributed by atoms with van der Waals surface area (Å²) in [5.41, 5.74) is 2.05. The molecule has 0 aromatic heterocycles. The Hall–Kier alpha value is -2.01. The van der Waals surface area contributed by atoms with E-state index in [1.807, 2.05) is 18.2 Å². The second kappa shape index (κ2) is 7.69. The van der Waals surface area contributed by atoms with Gasteiger partial charge in [-0.2, -0.15) is 0 Å². The van der Waals surface area contributed by atoms with Crippen molar-refractivity contribution < 1.29 is 14.3 Å². The minimum atomic E-state index is -0.0303. The molecule has 0 unspecified atom stereocenters. The quantitative estimate of drug-likeness (QED) is 0.775. The van der Waals surface area contributed by atoms with Gasteiger partial charge in [0, 0.05) is 18.7 Å². The molecule has 5 nitrogen and oxygen atoms in total. The molecule has 1 amide bonds. The van der Waals surface area contributed by atoms with Crippen LogP contribution in [0.3, 0.4) is 0 Å². The van der Waals surface area contributed by atoms with Crippen molar-refractivity contribution >= 4 is 5.91 Å². The van der Waals surface area contributed by atoms with Crippen LogP contribution in [0.25, 0.3) is 0 Å². The van der Waals surface area contributed by atoms with Crippen molar-refractivity contribution in [2.75, 3.05) is 33.9 Å². The highest BCUT2D eigenvalue weighted by Crippen LogP contribution is 2.28. The predicted molar refractivity (Wildman–Crippen MR) is 81.8 cm³/mol. The van der Waals surface area contributed by atoms with Crippen molar-refractivity contribution in [1.82, 2.24) is 10.6 Å². The largest absolute Gasteiger partial charge is 0.496 e. The molecular formula is C16H22N2O3. The smallest absolute Gasteiger partial charge is 0.224 e. The van der Waals surface area contributed by atoms with Crippen LogP contribution in [-0.4, -0.2) is 39.8 Å². The number of nitrogens with one attached hydrogen (secondary N) is 2. The third-order valence-corrected chi connectivity index (χ3v) is 3.54. The van der Waals surface area contributed by atoms with Crippen LogP contribution in [0.1, 0.15) is 12.0 Å². The monoisotopic (exact) mass is 290 g/mol. The van der Waals surface area contributed by atoms with Crippen LogP contribution in [0.4, 0.5) is 0 Å². The number of carbonyl (C=O) groups excluding carboxylic acids is 1. The van der Waals surface area contributed by atoms with Gasteiger partial charge in [0.1, 0.15) is 11.5 Å². The van der Waals surface area contributed by atoms with E-state index in [0.29, 0.717) is 18.0 Å². The standard InChI is InChI=1S/C16H22N2O3/c1-20-14-4-3-5-15(21-2)13(14)10-16(19)18-11-12-6-8-17-9-7-12/h3-6,17H,7-11H2,1-2H3,(H,18,19). The zero-order chi connectivity index (χ0) is 15.1. The minimum Gasteiger partial charge on any atom is -0.496 e. The Morgan fingerprint density at radius 3 is 2.57 bits per heavy atom. The molecule has 1 aromatic carbocycles. The maximum Gasteiger partial charge on any atom is 0.224 e. The van der Waals surface area contributed by atoms with E-state index in [9.17, 15) is 4.79 Å². The van der Waals surface area contributed by atoms with Crippen LogP contribution >= 0.6 is 0 Å². The number of amides is 1. The van der Waals surface area contributed by atoms with E-state index in [0.717, 1.165) is 25.1 Å². The molecule has 1 heterocycles. The summed E-state index contributed by atoms with van der Waals surface area (Å²) >= 11 is 0. The zero-order valence-corrected chi connectivity index (χ0v) is 12.6. The Kier molecular flexibility index (Phi) is 5.63. The van der Waals surface area contributed by atoms with E-state index in [1.165, 1.54) is 5.57 Å². The van der Waals surface area contributed by atoms with Crippen molar-refractivity contribution in [1.29, 1.82) is 0 Å². The fourth-order valence-electron chi connectivity index (χ4n) is 2.37. The Labute approximate surface area is 125 Å². The van der Waals surface area contributed by atoms with Crippen molar-refractivity contribution in [3.8, 4) is 11.5 Å². The van der Waals surface area contributed by atoms with Crippen molar-refractivity contribution in [3.63, 3.8) is 0 Å². The average molecular weight is 290 g/mol. The van der Waals surface area contributed by atoms with Crippen LogP contribution in [0, 0.1) is 0 Å². The van der Waals surface area contributed by atoms with Gasteiger partial charge in [0.05, 0.1) is 20.6 Å². The first-order valence-electron chi connectivity index (χ1n) is 7.09. The SMILES string of the molecule is COc1cccc(OC)c1CC(=O)NCC1=CCNCC1. The van der Waals surface area contributed by atoms with Gasteiger partial charge in [-0.25, -0.2) is 0 Å². The first-order valence-corrected chi connectivity index (χ1v) is 7.09. The van der Waals surface area contributed by atoms with Crippen LogP contribution in [-0.2, 0) is 11.2 Å². The Bertz CT molecular complexity index is 504. The van der Waals surface area contributed by atoms with Crippen molar-refractivity contribution in [2.24, 2.45) is 0 Å². The summed E-state index contributed by atoms with van der Waals surface area (Å²) in [7, 11) is 3.19. The van der Waals surface area contributed by atoms with E-state index in [-0.39, 0.29) is 12.3 Å². The lowest BCUT2D eigenvalue weighted by atomic mass is 10.1. The molecule has 1 aromatic rings. The number of rotatable bonds is 6. The van der Waals surface area contributed by atoms with E-state index < -0.39 is 0 Å². The highest BCUT2D eigenvalue weighted by molar-refractivity contribution is 5.80. The molecule has 1 aliphatic heterocycles. The van der Waals surface area contributed by atoms with Crippen molar-refractivity contribution in [2.45, 2.75) is 12.8 Å². The number of carbonyl (C=O) groups is 1. The molecule has 2 rings (SSSR count). The summed E-state index contributed by atoms with van der Waals surface area (Å²) < 4.78 is 10.6. The van der Waals surface area contributed by atoms with Gasteiger partial charge >= 0.3 is 0 Å². The molecule has 0 spiro atoms. The summed E-state index contributed by atoms with van der Waals surface area (Å²) in [6.07, 6.45) is 3.37. The molecule has 1 aliphatic rings. The Balaban J connectivity index is 1.97. The number of hydrogen-bond acceptors (Lipinski definition) is 4. The van der Waals surface area contributed by atoms with Gasteiger partial charge in [0.2, 0.25) is 5.91 Å². The molecule has 114 valence electrons. The second-order valence-electron chi connectivity index (χ2n) is 4.91. The first-order chi connectivity index (χ1) is 10.2. The van der Waals surface area contributed by atoms with E-state index in [2.05, 4.69) is 16.7 Å². The zero-order valence-electron chi connectivity index (χ0n) is 12.6. The molecule has 0 aliphatic carbocycles.